The number of rotatable bonds is 16. The molecule has 1 aromatic rings. The van der Waals surface area contributed by atoms with Crippen molar-refractivity contribution in [1.29, 1.82) is 0 Å². The SMILES string of the molecule is CC(C)=CCC/C(C)=C/CC/C(C)=C/CC/C(C)=C/Cc1c(CN2CCC[C@@H]2C(=O)O)c(O)c(C)c(C)c1OC1CCCCO1. The molecule has 1 aromatic carbocycles. The fourth-order valence-electron chi connectivity index (χ4n) is 6.32. The van der Waals surface area contributed by atoms with Crippen LogP contribution in [0, 0.1) is 13.8 Å². The molecule has 1 unspecified atom stereocenters. The van der Waals surface area contributed by atoms with Crippen molar-refractivity contribution in [3.8, 4) is 11.5 Å². The molecule has 2 atom stereocenters. The summed E-state index contributed by atoms with van der Waals surface area (Å²) in [4.78, 5) is 14.0. The normalized spacial score (nSPS) is 20.0. The molecule has 0 aliphatic carbocycles. The summed E-state index contributed by atoms with van der Waals surface area (Å²) < 4.78 is 12.5. The molecule has 250 valence electrons. The number of hydrogen-bond acceptors (Lipinski definition) is 5. The highest BCUT2D eigenvalue weighted by atomic mass is 16.7. The molecule has 0 bridgehead atoms. The fraction of sp³-hybridized carbons (Fsp3) is 0.615. The van der Waals surface area contributed by atoms with E-state index in [1.165, 1.54) is 22.3 Å². The van der Waals surface area contributed by atoms with E-state index in [0.29, 0.717) is 32.5 Å². The summed E-state index contributed by atoms with van der Waals surface area (Å²) in [6.45, 7) is 16.7. The average molecular weight is 622 g/mol. The molecule has 0 amide bonds. The van der Waals surface area contributed by atoms with E-state index in [1.807, 2.05) is 18.7 Å². The second kappa shape index (κ2) is 18.3. The van der Waals surface area contributed by atoms with E-state index in [0.717, 1.165) is 92.2 Å². The number of allylic oxidation sites excluding steroid dienone is 8. The number of ether oxygens (including phenoxy) is 2. The third-order valence-electron chi connectivity index (χ3n) is 9.39. The first-order chi connectivity index (χ1) is 21.5. The molecular weight excluding hydrogens is 562 g/mol. The van der Waals surface area contributed by atoms with Crippen LogP contribution < -0.4 is 4.74 Å². The molecule has 2 saturated heterocycles. The van der Waals surface area contributed by atoms with Gasteiger partial charge in [0.25, 0.3) is 0 Å². The first-order valence-corrected chi connectivity index (χ1v) is 17.2. The number of aromatic hydroxyl groups is 1. The minimum absolute atomic E-state index is 0.251. The maximum atomic E-state index is 12.0. The van der Waals surface area contributed by atoms with Crippen molar-refractivity contribution >= 4 is 5.97 Å². The zero-order valence-corrected chi connectivity index (χ0v) is 29.1. The van der Waals surface area contributed by atoms with Crippen LogP contribution in [0.25, 0.3) is 0 Å². The molecule has 0 radical (unpaired) electrons. The number of benzene rings is 1. The second-order valence-corrected chi connectivity index (χ2v) is 13.5. The lowest BCUT2D eigenvalue weighted by atomic mass is 9.93. The van der Waals surface area contributed by atoms with E-state index in [9.17, 15) is 15.0 Å². The molecule has 6 heteroatoms. The molecule has 0 spiro atoms. The van der Waals surface area contributed by atoms with Crippen molar-refractivity contribution in [2.75, 3.05) is 13.2 Å². The van der Waals surface area contributed by atoms with Gasteiger partial charge in [0.05, 0.1) is 6.61 Å². The number of hydrogen-bond donors (Lipinski definition) is 2. The Hall–Kier alpha value is -2.83. The van der Waals surface area contributed by atoms with Gasteiger partial charge in [-0.15, -0.1) is 0 Å². The van der Waals surface area contributed by atoms with E-state index in [-0.39, 0.29) is 12.0 Å². The lowest BCUT2D eigenvalue weighted by Crippen LogP contribution is -2.35. The third kappa shape index (κ3) is 11.5. The van der Waals surface area contributed by atoms with E-state index >= 15 is 0 Å². The summed E-state index contributed by atoms with van der Waals surface area (Å²) in [6, 6.07) is -0.529. The number of phenolic OH excluding ortho intramolecular Hbond substituents is 1. The zero-order valence-electron chi connectivity index (χ0n) is 29.1. The van der Waals surface area contributed by atoms with E-state index in [4.69, 9.17) is 9.47 Å². The van der Waals surface area contributed by atoms with Crippen LogP contribution in [0.1, 0.15) is 128 Å². The molecule has 0 saturated carbocycles. The molecule has 2 aliphatic rings. The number of nitrogens with zero attached hydrogens (tertiary/aromatic N) is 1. The molecule has 3 rings (SSSR count). The lowest BCUT2D eigenvalue weighted by Gasteiger charge is -2.29. The van der Waals surface area contributed by atoms with Gasteiger partial charge >= 0.3 is 5.97 Å². The standard InChI is InChI=1S/C39H59NO5/c1-27(2)14-10-15-28(3)16-11-17-29(4)18-12-19-30(5)22-23-33-34(26-40-24-13-20-35(40)39(42)43)37(41)31(6)32(7)38(33)45-36-21-8-9-25-44-36/h14,16,18,22,35-36,41H,8-13,15,17,19-21,23-26H2,1-7H3,(H,42,43)/b28-16+,29-18+,30-22+/t35-,36?/m1/s1. The quantitative estimate of drug-likeness (QED) is 0.179. The lowest BCUT2D eigenvalue weighted by molar-refractivity contribution is -0.142. The van der Waals surface area contributed by atoms with Gasteiger partial charge in [0.15, 0.2) is 6.29 Å². The molecule has 2 fully saturated rings. The Balaban J connectivity index is 1.74. The van der Waals surface area contributed by atoms with Gasteiger partial charge < -0.3 is 19.7 Å². The van der Waals surface area contributed by atoms with Gasteiger partial charge in [0.1, 0.15) is 17.5 Å². The van der Waals surface area contributed by atoms with Gasteiger partial charge in [-0.3, -0.25) is 9.69 Å². The minimum Gasteiger partial charge on any atom is -0.507 e. The predicted octanol–water partition coefficient (Wildman–Crippen LogP) is 9.65. The Morgan fingerprint density at radius 2 is 1.47 bits per heavy atom. The number of carbonyl (C=O) groups is 1. The summed E-state index contributed by atoms with van der Waals surface area (Å²) in [5.74, 6) is 0.234. The van der Waals surface area contributed by atoms with Gasteiger partial charge in [-0.25, -0.2) is 0 Å². The predicted molar refractivity (Wildman–Crippen MR) is 185 cm³/mol. The highest BCUT2D eigenvalue weighted by molar-refractivity contribution is 5.74. The van der Waals surface area contributed by atoms with Crippen LogP contribution >= 0.6 is 0 Å². The molecule has 2 heterocycles. The topological polar surface area (TPSA) is 79.2 Å². The summed E-state index contributed by atoms with van der Waals surface area (Å²) >= 11 is 0. The first kappa shape index (κ1) is 36.6. The molecule has 0 aromatic heterocycles. The molecule has 6 nitrogen and oxygen atoms in total. The molecule has 2 N–H and O–H groups in total. The fourth-order valence-corrected chi connectivity index (χ4v) is 6.32. The van der Waals surface area contributed by atoms with Crippen LogP contribution in [0.3, 0.4) is 0 Å². The Bertz CT molecular complexity index is 1260. The number of carboxylic acid groups (broad SMARTS) is 1. The van der Waals surface area contributed by atoms with Gasteiger partial charge in [0, 0.05) is 24.1 Å². The number of carboxylic acids is 1. The Kier molecular flexibility index (Phi) is 14.9. The van der Waals surface area contributed by atoms with E-state index in [1.54, 1.807) is 0 Å². The van der Waals surface area contributed by atoms with Crippen LogP contribution in [0.15, 0.2) is 46.6 Å². The van der Waals surface area contributed by atoms with Gasteiger partial charge in [-0.2, -0.15) is 0 Å². The van der Waals surface area contributed by atoms with Crippen LogP contribution in [-0.2, 0) is 22.5 Å². The first-order valence-electron chi connectivity index (χ1n) is 17.2. The second-order valence-electron chi connectivity index (χ2n) is 13.5. The summed E-state index contributed by atoms with van der Waals surface area (Å²) in [5.41, 5.74) is 9.00. The number of aliphatic carboxylic acids is 1. The van der Waals surface area contributed by atoms with Crippen molar-refractivity contribution < 1.29 is 24.5 Å². The largest absolute Gasteiger partial charge is 0.507 e. The van der Waals surface area contributed by atoms with Crippen molar-refractivity contribution in [2.45, 2.75) is 144 Å². The van der Waals surface area contributed by atoms with Crippen LogP contribution in [0.4, 0.5) is 0 Å². The number of likely N-dealkylation sites (tertiary alicyclic amines) is 1. The average Bonchev–Trinajstić information content (AvgIpc) is 3.47. The Morgan fingerprint density at radius 1 is 0.844 bits per heavy atom. The third-order valence-corrected chi connectivity index (χ3v) is 9.39. The van der Waals surface area contributed by atoms with Crippen molar-refractivity contribution in [1.82, 2.24) is 4.90 Å². The monoisotopic (exact) mass is 621 g/mol. The number of phenols is 1. The van der Waals surface area contributed by atoms with Crippen molar-refractivity contribution in [3.05, 3.63) is 68.9 Å². The molecule has 45 heavy (non-hydrogen) atoms. The van der Waals surface area contributed by atoms with Crippen LogP contribution in [0.2, 0.25) is 0 Å². The van der Waals surface area contributed by atoms with Gasteiger partial charge in [0.2, 0.25) is 0 Å². The van der Waals surface area contributed by atoms with Crippen LogP contribution in [-0.4, -0.2) is 46.6 Å². The molecular formula is C39H59NO5. The minimum atomic E-state index is -0.797. The zero-order chi connectivity index (χ0) is 32.9. The highest BCUT2D eigenvalue weighted by Crippen LogP contribution is 2.41. The summed E-state index contributed by atoms with van der Waals surface area (Å²) in [5, 5.41) is 21.2. The smallest absolute Gasteiger partial charge is 0.320 e. The maximum Gasteiger partial charge on any atom is 0.320 e. The Labute approximate surface area is 272 Å². The Morgan fingerprint density at radius 3 is 2.04 bits per heavy atom. The van der Waals surface area contributed by atoms with Gasteiger partial charge in [-0.05, 0) is 137 Å². The van der Waals surface area contributed by atoms with E-state index in [2.05, 4.69) is 58.9 Å². The highest BCUT2D eigenvalue weighted by Gasteiger charge is 2.33. The molecule has 2 aliphatic heterocycles. The van der Waals surface area contributed by atoms with E-state index < -0.39 is 12.0 Å². The van der Waals surface area contributed by atoms with Crippen LogP contribution in [0.5, 0.6) is 11.5 Å². The maximum absolute atomic E-state index is 12.0. The summed E-state index contributed by atoms with van der Waals surface area (Å²) in [6.07, 6.45) is 20.4. The van der Waals surface area contributed by atoms with Gasteiger partial charge in [-0.1, -0.05) is 46.6 Å². The van der Waals surface area contributed by atoms with Crippen molar-refractivity contribution in [2.24, 2.45) is 0 Å². The van der Waals surface area contributed by atoms with Crippen molar-refractivity contribution in [3.63, 3.8) is 0 Å². The summed E-state index contributed by atoms with van der Waals surface area (Å²) in [7, 11) is 0.